The van der Waals surface area contributed by atoms with Crippen molar-refractivity contribution >= 4 is 0 Å². The van der Waals surface area contributed by atoms with Crippen LogP contribution in [0.3, 0.4) is 0 Å². The molecule has 72 valence electrons. The largest absolute Gasteiger partial charge is 0.393 e. The average Bonchev–Trinajstić information content (AvgIpc) is 2.54. The van der Waals surface area contributed by atoms with E-state index in [9.17, 15) is 5.11 Å². The fourth-order valence-electron chi connectivity index (χ4n) is 1.94. The lowest BCUT2D eigenvalue weighted by Crippen LogP contribution is -2.06. The quantitative estimate of drug-likeness (QED) is 0.509. The Kier molecular flexibility index (Phi) is 2.80. The number of hydrogen-bond acceptors (Lipinski definition) is 1. The van der Waals surface area contributed by atoms with Crippen molar-refractivity contribution < 1.29 is 5.11 Å². The Labute approximate surface area is 80.5 Å². The van der Waals surface area contributed by atoms with E-state index in [1.165, 1.54) is 5.57 Å². The summed E-state index contributed by atoms with van der Waals surface area (Å²) in [5.74, 6) is 0.300. The van der Waals surface area contributed by atoms with Crippen LogP contribution in [0.4, 0.5) is 0 Å². The van der Waals surface area contributed by atoms with Gasteiger partial charge < -0.3 is 5.11 Å². The van der Waals surface area contributed by atoms with Crippen LogP contribution in [-0.2, 0) is 0 Å². The van der Waals surface area contributed by atoms with E-state index in [-0.39, 0.29) is 11.5 Å². The average molecular weight is 178 g/mol. The predicted octanol–water partition coefficient (Wildman–Crippen LogP) is 2.68. The first-order valence-electron chi connectivity index (χ1n) is 4.78. The van der Waals surface area contributed by atoms with Gasteiger partial charge >= 0.3 is 0 Å². The van der Waals surface area contributed by atoms with Crippen LogP contribution in [0.1, 0.15) is 27.7 Å². The summed E-state index contributed by atoms with van der Waals surface area (Å²) < 4.78 is 0. The first kappa shape index (κ1) is 10.3. The summed E-state index contributed by atoms with van der Waals surface area (Å²) in [6, 6.07) is 0. The maximum atomic E-state index is 9.46. The van der Waals surface area contributed by atoms with E-state index < -0.39 is 0 Å². The van der Waals surface area contributed by atoms with Crippen molar-refractivity contribution in [1.29, 1.82) is 0 Å². The Bertz CT molecular complexity index is 275. The van der Waals surface area contributed by atoms with E-state index in [2.05, 4.69) is 19.6 Å². The molecule has 0 aliphatic heterocycles. The van der Waals surface area contributed by atoms with Crippen molar-refractivity contribution in [2.75, 3.05) is 0 Å². The van der Waals surface area contributed by atoms with Crippen LogP contribution < -0.4 is 0 Å². The molecule has 1 N–H and O–H groups in total. The third-order valence-corrected chi connectivity index (χ3v) is 2.71. The minimum Gasteiger partial charge on any atom is -0.393 e. The van der Waals surface area contributed by atoms with Gasteiger partial charge in [0.05, 0.1) is 6.10 Å². The fraction of sp³-hybridized carbons (Fsp3) is 0.583. The van der Waals surface area contributed by atoms with Crippen LogP contribution in [0.15, 0.2) is 29.5 Å². The monoisotopic (exact) mass is 178 g/mol. The highest BCUT2D eigenvalue weighted by Gasteiger charge is 2.54. The molecule has 2 atom stereocenters. The first-order chi connectivity index (χ1) is 6.01. The summed E-state index contributed by atoms with van der Waals surface area (Å²) in [6.07, 6.45) is 5.59. The molecule has 1 nitrogen and oxygen atoms in total. The van der Waals surface area contributed by atoms with Gasteiger partial charge in [-0.25, -0.2) is 0 Å². The number of aliphatic hydroxyl groups is 1. The Balaban J connectivity index is 2.81. The first-order valence-corrected chi connectivity index (χ1v) is 4.78. The molecule has 1 rings (SSSR count). The zero-order valence-corrected chi connectivity index (χ0v) is 8.83. The Morgan fingerprint density at radius 1 is 1.54 bits per heavy atom. The zero-order chi connectivity index (χ0) is 10.1. The molecule has 0 heterocycles. The van der Waals surface area contributed by atoms with Gasteiger partial charge in [0.1, 0.15) is 0 Å². The lowest BCUT2D eigenvalue weighted by atomic mass is 10.1. The highest BCUT2D eigenvalue weighted by molar-refractivity contribution is 5.37. The molecule has 1 aliphatic carbocycles. The van der Waals surface area contributed by atoms with Gasteiger partial charge in [-0.15, -0.1) is 5.73 Å². The second kappa shape index (κ2) is 3.53. The second-order valence-corrected chi connectivity index (χ2v) is 4.19. The minimum absolute atomic E-state index is 0.145. The Hall–Kier alpha value is -0.780. The maximum Gasteiger partial charge on any atom is 0.0592 e. The number of allylic oxidation sites excluding steroid dienone is 2. The van der Waals surface area contributed by atoms with Gasteiger partial charge in [-0.3, -0.25) is 0 Å². The van der Waals surface area contributed by atoms with E-state index in [0.717, 1.165) is 0 Å². The zero-order valence-electron chi connectivity index (χ0n) is 8.83. The van der Waals surface area contributed by atoms with Crippen LogP contribution in [0.2, 0.25) is 0 Å². The molecule has 2 unspecified atom stereocenters. The summed E-state index contributed by atoms with van der Waals surface area (Å²) in [5.41, 5.74) is 4.61. The topological polar surface area (TPSA) is 20.2 Å². The van der Waals surface area contributed by atoms with Crippen molar-refractivity contribution in [2.24, 2.45) is 11.3 Å². The van der Waals surface area contributed by atoms with E-state index in [1.807, 2.05) is 32.1 Å². The highest BCUT2D eigenvalue weighted by atomic mass is 16.3. The van der Waals surface area contributed by atoms with E-state index >= 15 is 0 Å². The minimum atomic E-state index is -0.253. The Morgan fingerprint density at radius 2 is 2.15 bits per heavy atom. The highest BCUT2D eigenvalue weighted by Crippen LogP contribution is 2.58. The Morgan fingerprint density at radius 3 is 2.54 bits per heavy atom. The summed E-state index contributed by atoms with van der Waals surface area (Å²) in [7, 11) is 0. The van der Waals surface area contributed by atoms with Crippen molar-refractivity contribution in [2.45, 2.75) is 33.8 Å². The molecule has 1 aliphatic rings. The molecule has 0 saturated heterocycles. The van der Waals surface area contributed by atoms with Crippen molar-refractivity contribution in [3.63, 3.8) is 0 Å². The van der Waals surface area contributed by atoms with Crippen LogP contribution in [-0.4, -0.2) is 11.2 Å². The number of hydrogen-bond donors (Lipinski definition) is 1. The van der Waals surface area contributed by atoms with Gasteiger partial charge in [-0.05, 0) is 25.5 Å². The van der Waals surface area contributed by atoms with Gasteiger partial charge in [0.2, 0.25) is 0 Å². The molecular formula is C12H18O. The van der Waals surface area contributed by atoms with Crippen LogP contribution >= 0.6 is 0 Å². The van der Waals surface area contributed by atoms with Gasteiger partial charge in [-0.1, -0.05) is 26.0 Å². The van der Waals surface area contributed by atoms with Crippen LogP contribution in [0.25, 0.3) is 0 Å². The van der Waals surface area contributed by atoms with Crippen molar-refractivity contribution in [1.82, 2.24) is 0 Å². The van der Waals surface area contributed by atoms with Gasteiger partial charge in [0.25, 0.3) is 0 Å². The van der Waals surface area contributed by atoms with Gasteiger partial charge in [-0.2, -0.15) is 0 Å². The molecule has 0 aromatic rings. The molecule has 1 fully saturated rings. The van der Waals surface area contributed by atoms with E-state index in [1.54, 1.807) is 0 Å². The third kappa shape index (κ3) is 1.93. The van der Waals surface area contributed by atoms with Gasteiger partial charge in [0.15, 0.2) is 0 Å². The molecule has 0 bridgehead atoms. The van der Waals surface area contributed by atoms with Crippen LogP contribution in [0.5, 0.6) is 0 Å². The molecule has 0 aromatic carbocycles. The molecular weight excluding hydrogens is 160 g/mol. The molecule has 1 saturated carbocycles. The molecule has 0 aromatic heterocycles. The summed E-state index contributed by atoms with van der Waals surface area (Å²) in [4.78, 5) is 0. The molecule has 13 heavy (non-hydrogen) atoms. The van der Waals surface area contributed by atoms with Crippen molar-refractivity contribution in [3.8, 4) is 0 Å². The number of aliphatic hydroxyl groups excluding tert-OH is 1. The summed E-state index contributed by atoms with van der Waals surface area (Å²) in [5, 5.41) is 9.46. The lowest BCUT2D eigenvalue weighted by molar-refractivity contribution is 0.157. The van der Waals surface area contributed by atoms with E-state index in [4.69, 9.17) is 0 Å². The second-order valence-electron chi connectivity index (χ2n) is 4.19. The summed E-state index contributed by atoms with van der Waals surface area (Å²) in [6.45, 7) is 8.12. The van der Waals surface area contributed by atoms with Gasteiger partial charge in [0, 0.05) is 11.3 Å². The normalized spacial score (nSPS) is 27.2. The maximum absolute atomic E-state index is 9.46. The SMILES string of the molecule is C/C=C/C=C=C1C(C(C)O)C1(C)C. The molecule has 0 amide bonds. The molecule has 1 heteroatoms. The third-order valence-electron chi connectivity index (χ3n) is 2.71. The van der Waals surface area contributed by atoms with Crippen molar-refractivity contribution in [3.05, 3.63) is 29.5 Å². The number of rotatable bonds is 2. The van der Waals surface area contributed by atoms with Crippen LogP contribution in [0, 0.1) is 11.3 Å². The van der Waals surface area contributed by atoms with E-state index in [0.29, 0.717) is 5.92 Å². The fourth-order valence-corrected chi connectivity index (χ4v) is 1.94. The standard InChI is InChI=1S/C12H18O/c1-5-6-7-8-10-11(9(2)13)12(10,3)4/h5-7,9,11,13H,1-4H3/b6-5+. The smallest absolute Gasteiger partial charge is 0.0592 e. The predicted molar refractivity (Wildman–Crippen MR) is 55.4 cm³/mol. The summed E-state index contributed by atoms with van der Waals surface area (Å²) >= 11 is 0. The molecule has 0 radical (unpaired) electrons. The molecule has 0 spiro atoms. The lowest BCUT2D eigenvalue weighted by Gasteiger charge is -2.02.